The Labute approximate surface area is 191 Å². The number of sulfonamides is 1. The zero-order valence-corrected chi connectivity index (χ0v) is 20.2. The van der Waals surface area contributed by atoms with E-state index in [1.165, 1.54) is 21.2 Å². The van der Waals surface area contributed by atoms with Gasteiger partial charge in [0, 0.05) is 23.9 Å². The summed E-state index contributed by atoms with van der Waals surface area (Å²) in [6, 6.07) is 11.1. The summed E-state index contributed by atoms with van der Waals surface area (Å²) in [7, 11) is -3.54. The van der Waals surface area contributed by atoms with E-state index in [-0.39, 0.29) is 11.8 Å². The maximum atomic E-state index is 12.9. The molecule has 3 aromatic rings. The van der Waals surface area contributed by atoms with Crippen LogP contribution < -0.4 is 5.32 Å². The van der Waals surface area contributed by atoms with Crippen molar-refractivity contribution in [3.05, 3.63) is 47.5 Å². The molecule has 0 bridgehead atoms. The molecular formula is C22H25N3O3S3. The highest BCUT2D eigenvalue weighted by Gasteiger charge is 2.32. The van der Waals surface area contributed by atoms with Crippen molar-refractivity contribution in [1.29, 1.82) is 0 Å². The van der Waals surface area contributed by atoms with Crippen molar-refractivity contribution in [3.8, 4) is 0 Å². The maximum absolute atomic E-state index is 12.9. The predicted octanol–water partition coefficient (Wildman–Crippen LogP) is 4.67. The number of rotatable bonds is 5. The lowest BCUT2D eigenvalue weighted by molar-refractivity contribution is -0.120. The van der Waals surface area contributed by atoms with Crippen molar-refractivity contribution in [2.24, 2.45) is 5.92 Å². The second-order valence-electron chi connectivity index (χ2n) is 7.79. The second kappa shape index (κ2) is 8.90. The quantitative estimate of drug-likeness (QED) is 0.542. The number of aromatic nitrogens is 1. The number of aryl methyl sites for hydroxylation is 2. The Kier molecular flexibility index (Phi) is 6.39. The van der Waals surface area contributed by atoms with Crippen LogP contribution >= 0.6 is 23.1 Å². The molecule has 1 fully saturated rings. The lowest BCUT2D eigenvalue weighted by atomic mass is 9.97. The van der Waals surface area contributed by atoms with E-state index in [0.29, 0.717) is 36.0 Å². The van der Waals surface area contributed by atoms with Crippen molar-refractivity contribution >= 4 is 54.4 Å². The summed E-state index contributed by atoms with van der Waals surface area (Å²) in [5.74, 6) is -0.310. The van der Waals surface area contributed by atoms with E-state index in [0.717, 1.165) is 20.7 Å². The number of nitrogens with zero attached hydrogens (tertiary/aromatic N) is 2. The number of nitrogens with one attached hydrogen (secondary N) is 1. The van der Waals surface area contributed by atoms with Gasteiger partial charge in [0.25, 0.3) is 0 Å². The molecule has 31 heavy (non-hydrogen) atoms. The van der Waals surface area contributed by atoms with Gasteiger partial charge in [0.15, 0.2) is 5.13 Å². The molecular weight excluding hydrogens is 450 g/mol. The molecule has 0 radical (unpaired) electrons. The number of fused-ring (bicyclic) bond motifs is 1. The number of piperidine rings is 1. The summed E-state index contributed by atoms with van der Waals surface area (Å²) < 4.78 is 28.4. The molecule has 2 heterocycles. The van der Waals surface area contributed by atoms with Crippen LogP contribution in [0.25, 0.3) is 10.2 Å². The van der Waals surface area contributed by atoms with Crippen LogP contribution in [0.5, 0.6) is 0 Å². The first kappa shape index (κ1) is 22.3. The zero-order valence-electron chi connectivity index (χ0n) is 17.7. The Hall–Kier alpha value is -1.94. The van der Waals surface area contributed by atoms with Crippen LogP contribution in [-0.2, 0) is 14.8 Å². The Morgan fingerprint density at radius 2 is 1.84 bits per heavy atom. The smallest absolute Gasteiger partial charge is 0.243 e. The van der Waals surface area contributed by atoms with Crippen molar-refractivity contribution in [2.45, 2.75) is 36.5 Å². The summed E-state index contributed by atoms with van der Waals surface area (Å²) >= 11 is 3.05. The summed E-state index contributed by atoms with van der Waals surface area (Å²) in [6.45, 7) is 4.74. The maximum Gasteiger partial charge on any atom is 0.243 e. The molecule has 1 N–H and O–H groups in total. The van der Waals surface area contributed by atoms with E-state index in [4.69, 9.17) is 0 Å². The molecule has 0 unspecified atom stereocenters. The number of amides is 1. The fourth-order valence-electron chi connectivity index (χ4n) is 3.89. The van der Waals surface area contributed by atoms with Gasteiger partial charge in [-0.15, -0.1) is 11.8 Å². The standard InChI is InChI=1S/C22H25N3O3S3/c1-14-12-15(2)20-19(13-14)30-22(23-20)24-21(26)16-8-10-25(11-9-16)31(27,28)18-6-4-17(29-3)5-7-18/h4-7,12-13,16H,8-11H2,1-3H3,(H,23,24,26). The first-order valence-electron chi connectivity index (χ1n) is 10.1. The van der Waals surface area contributed by atoms with Crippen LogP contribution in [0.1, 0.15) is 24.0 Å². The largest absolute Gasteiger partial charge is 0.302 e. The molecule has 4 rings (SSSR count). The van der Waals surface area contributed by atoms with E-state index < -0.39 is 10.0 Å². The van der Waals surface area contributed by atoms with Gasteiger partial charge < -0.3 is 5.32 Å². The molecule has 164 valence electrons. The van der Waals surface area contributed by atoms with Gasteiger partial charge in [-0.2, -0.15) is 4.31 Å². The van der Waals surface area contributed by atoms with Gasteiger partial charge in [0.1, 0.15) is 0 Å². The first-order valence-corrected chi connectivity index (χ1v) is 13.6. The number of anilines is 1. The normalized spacial score (nSPS) is 16.0. The van der Waals surface area contributed by atoms with Crippen molar-refractivity contribution < 1.29 is 13.2 Å². The fourth-order valence-corrected chi connectivity index (χ4v) is 6.81. The van der Waals surface area contributed by atoms with Crippen LogP contribution in [0.15, 0.2) is 46.2 Å². The molecule has 9 heteroatoms. The summed E-state index contributed by atoms with van der Waals surface area (Å²) in [5.41, 5.74) is 3.18. The van der Waals surface area contributed by atoms with Gasteiger partial charge >= 0.3 is 0 Å². The van der Waals surface area contributed by atoms with E-state index in [9.17, 15) is 13.2 Å². The number of thioether (sulfide) groups is 1. The molecule has 2 aromatic carbocycles. The molecule has 0 saturated carbocycles. The van der Waals surface area contributed by atoms with Crippen LogP contribution in [-0.4, -0.2) is 43.0 Å². The molecule has 1 aliphatic rings. The van der Waals surface area contributed by atoms with Gasteiger partial charge in [-0.3, -0.25) is 4.79 Å². The summed E-state index contributed by atoms with van der Waals surface area (Å²) in [6.07, 6.45) is 2.95. The first-order chi connectivity index (χ1) is 14.8. The van der Waals surface area contributed by atoms with Gasteiger partial charge in [-0.25, -0.2) is 13.4 Å². The lowest BCUT2D eigenvalue weighted by Crippen LogP contribution is -2.41. The Morgan fingerprint density at radius 1 is 1.16 bits per heavy atom. The number of hydrogen-bond acceptors (Lipinski definition) is 6. The molecule has 1 aliphatic heterocycles. The second-order valence-corrected chi connectivity index (χ2v) is 11.6. The van der Waals surface area contributed by atoms with Crippen LogP contribution in [0.2, 0.25) is 0 Å². The van der Waals surface area contributed by atoms with Crippen molar-refractivity contribution in [3.63, 3.8) is 0 Å². The SMILES string of the molecule is CSc1ccc(S(=O)(=O)N2CCC(C(=O)Nc3nc4c(C)cc(C)cc4s3)CC2)cc1. The number of carbonyl (C=O) groups excluding carboxylic acids is 1. The Bertz CT molecular complexity index is 1210. The highest BCUT2D eigenvalue weighted by Crippen LogP contribution is 2.31. The number of hydrogen-bond donors (Lipinski definition) is 1. The number of carbonyl (C=O) groups is 1. The molecule has 0 spiro atoms. The number of thiazole rings is 1. The highest BCUT2D eigenvalue weighted by atomic mass is 32.2. The minimum atomic E-state index is -3.54. The Morgan fingerprint density at radius 3 is 2.48 bits per heavy atom. The molecule has 0 aliphatic carbocycles. The third-order valence-corrected chi connectivity index (χ3v) is 9.16. The van der Waals surface area contributed by atoms with E-state index in [1.54, 1.807) is 23.9 Å². The molecule has 6 nitrogen and oxygen atoms in total. The summed E-state index contributed by atoms with van der Waals surface area (Å²) in [5, 5.41) is 3.54. The minimum Gasteiger partial charge on any atom is -0.302 e. The molecule has 1 amide bonds. The van der Waals surface area contributed by atoms with Crippen LogP contribution in [0.3, 0.4) is 0 Å². The van der Waals surface area contributed by atoms with Gasteiger partial charge in [0.2, 0.25) is 15.9 Å². The molecule has 0 atom stereocenters. The number of benzene rings is 2. The average Bonchev–Trinajstić information content (AvgIpc) is 3.16. The molecule has 1 aromatic heterocycles. The van der Waals surface area contributed by atoms with Crippen LogP contribution in [0.4, 0.5) is 5.13 Å². The van der Waals surface area contributed by atoms with Crippen molar-refractivity contribution in [1.82, 2.24) is 9.29 Å². The minimum absolute atomic E-state index is 0.0881. The van der Waals surface area contributed by atoms with E-state index in [2.05, 4.69) is 22.4 Å². The van der Waals surface area contributed by atoms with Gasteiger partial charge in [-0.1, -0.05) is 17.4 Å². The van der Waals surface area contributed by atoms with Crippen LogP contribution in [0, 0.1) is 19.8 Å². The van der Waals surface area contributed by atoms with Gasteiger partial charge in [0.05, 0.1) is 15.1 Å². The predicted molar refractivity (Wildman–Crippen MR) is 127 cm³/mol. The van der Waals surface area contributed by atoms with Gasteiger partial charge in [-0.05, 0) is 74.4 Å². The third-order valence-electron chi connectivity index (χ3n) is 5.58. The monoisotopic (exact) mass is 475 g/mol. The van der Waals surface area contributed by atoms with Crippen molar-refractivity contribution in [2.75, 3.05) is 24.7 Å². The third kappa shape index (κ3) is 4.64. The zero-order chi connectivity index (χ0) is 22.2. The average molecular weight is 476 g/mol. The fraction of sp³-hybridized carbons (Fsp3) is 0.364. The topological polar surface area (TPSA) is 79.4 Å². The lowest BCUT2D eigenvalue weighted by Gasteiger charge is -2.30. The van der Waals surface area contributed by atoms with E-state index in [1.807, 2.05) is 32.2 Å². The summed E-state index contributed by atoms with van der Waals surface area (Å²) in [4.78, 5) is 18.7. The Balaban J connectivity index is 1.40. The van der Waals surface area contributed by atoms with E-state index >= 15 is 0 Å². The highest BCUT2D eigenvalue weighted by molar-refractivity contribution is 7.98. The molecule has 1 saturated heterocycles.